The second kappa shape index (κ2) is 8.93. The van der Waals surface area contributed by atoms with Gasteiger partial charge < -0.3 is 15.0 Å². The van der Waals surface area contributed by atoms with Gasteiger partial charge in [0, 0.05) is 18.4 Å². The van der Waals surface area contributed by atoms with Gasteiger partial charge in [-0.05, 0) is 23.6 Å². The van der Waals surface area contributed by atoms with Crippen molar-refractivity contribution < 1.29 is 32.3 Å². The van der Waals surface area contributed by atoms with Crippen LogP contribution in [0.3, 0.4) is 0 Å². The van der Waals surface area contributed by atoms with E-state index in [2.05, 4.69) is 5.32 Å². The Balaban J connectivity index is 1.38. The van der Waals surface area contributed by atoms with E-state index in [4.69, 9.17) is 4.74 Å². The van der Waals surface area contributed by atoms with Crippen molar-refractivity contribution in [3.63, 3.8) is 0 Å². The summed E-state index contributed by atoms with van der Waals surface area (Å²) in [6.45, 7) is -0.672. The SMILES string of the molecule is O=C(COC(=O)[C@H]1CC(=O)N(c2cccc3ccccc23)C1)Nc1ccccc1C(F)(F)F. The Bertz CT molecular complexity index is 1220. The number of anilines is 2. The van der Waals surface area contributed by atoms with Crippen LogP contribution in [0.5, 0.6) is 0 Å². The first-order valence-corrected chi connectivity index (χ1v) is 10.1. The van der Waals surface area contributed by atoms with Gasteiger partial charge >= 0.3 is 12.1 Å². The summed E-state index contributed by atoms with van der Waals surface area (Å²) in [5.41, 5.74) is -0.754. The lowest BCUT2D eigenvalue weighted by Crippen LogP contribution is -2.28. The minimum Gasteiger partial charge on any atom is -0.455 e. The van der Waals surface area contributed by atoms with E-state index in [9.17, 15) is 27.6 Å². The van der Waals surface area contributed by atoms with Crippen LogP contribution in [0.25, 0.3) is 10.8 Å². The molecule has 1 heterocycles. The number of benzene rings is 3. The molecule has 0 unspecified atom stereocenters. The number of esters is 1. The number of carbonyl (C=O) groups excluding carboxylic acids is 3. The Morgan fingerprint density at radius 1 is 1.00 bits per heavy atom. The Hall–Kier alpha value is -3.88. The maximum atomic E-state index is 13.1. The highest BCUT2D eigenvalue weighted by Crippen LogP contribution is 2.35. The maximum absolute atomic E-state index is 13.1. The molecule has 0 radical (unpaired) electrons. The van der Waals surface area contributed by atoms with Crippen LogP contribution < -0.4 is 10.2 Å². The summed E-state index contributed by atoms with van der Waals surface area (Å²) in [4.78, 5) is 38.6. The maximum Gasteiger partial charge on any atom is 0.418 e. The van der Waals surface area contributed by atoms with Crippen LogP contribution in [0.1, 0.15) is 12.0 Å². The van der Waals surface area contributed by atoms with Gasteiger partial charge in [-0.2, -0.15) is 13.2 Å². The second-order valence-electron chi connectivity index (χ2n) is 7.60. The highest BCUT2D eigenvalue weighted by atomic mass is 19.4. The summed E-state index contributed by atoms with van der Waals surface area (Å²) in [7, 11) is 0. The van der Waals surface area contributed by atoms with Crippen molar-refractivity contribution >= 4 is 39.9 Å². The number of amides is 2. The molecule has 0 bridgehead atoms. The van der Waals surface area contributed by atoms with Crippen molar-refractivity contribution in [2.45, 2.75) is 12.6 Å². The van der Waals surface area contributed by atoms with Crippen molar-refractivity contribution in [3.8, 4) is 0 Å². The largest absolute Gasteiger partial charge is 0.455 e. The van der Waals surface area contributed by atoms with Gasteiger partial charge in [0.1, 0.15) is 0 Å². The van der Waals surface area contributed by atoms with Crippen LogP contribution in [0.15, 0.2) is 66.7 Å². The Morgan fingerprint density at radius 3 is 2.48 bits per heavy atom. The fraction of sp³-hybridized carbons (Fsp3) is 0.208. The molecule has 33 heavy (non-hydrogen) atoms. The summed E-state index contributed by atoms with van der Waals surface area (Å²) in [6, 6.07) is 17.6. The van der Waals surface area contributed by atoms with Crippen LogP contribution in [0.2, 0.25) is 0 Å². The molecule has 0 aliphatic carbocycles. The summed E-state index contributed by atoms with van der Waals surface area (Å²) in [5.74, 6) is -2.70. The Kier molecular flexibility index (Phi) is 6.04. The number of ether oxygens (including phenoxy) is 1. The minimum absolute atomic E-state index is 0.0828. The fourth-order valence-corrected chi connectivity index (χ4v) is 3.82. The number of nitrogens with one attached hydrogen (secondary N) is 1. The molecule has 0 aromatic heterocycles. The summed E-state index contributed by atoms with van der Waals surface area (Å²) < 4.78 is 44.2. The van der Waals surface area contributed by atoms with Crippen LogP contribution >= 0.6 is 0 Å². The molecule has 1 atom stereocenters. The summed E-state index contributed by atoms with van der Waals surface area (Å²) in [6.07, 6.45) is -4.73. The lowest BCUT2D eigenvalue weighted by atomic mass is 10.1. The molecule has 9 heteroatoms. The molecule has 1 saturated heterocycles. The zero-order valence-electron chi connectivity index (χ0n) is 17.3. The smallest absolute Gasteiger partial charge is 0.418 e. The van der Waals surface area contributed by atoms with E-state index >= 15 is 0 Å². The average molecular weight is 456 g/mol. The number of para-hydroxylation sites is 1. The highest BCUT2D eigenvalue weighted by Gasteiger charge is 2.37. The number of nitrogens with zero attached hydrogens (tertiary/aromatic N) is 1. The molecule has 2 amide bonds. The number of hydrogen-bond donors (Lipinski definition) is 1. The van der Waals surface area contributed by atoms with Gasteiger partial charge in [0.05, 0.1) is 22.9 Å². The van der Waals surface area contributed by atoms with Crippen molar-refractivity contribution in [2.24, 2.45) is 5.92 Å². The first-order valence-electron chi connectivity index (χ1n) is 10.1. The monoisotopic (exact) mass is 456 g/mol. The highest BCUT2D eigenvalue weighted by molar-refractivity contribution is 6.06. The van der Waals surface area contributed by atoms with Gasteiger partial charge in [-0.25, -0.2) is 0 Å². The number of alkyl halides is 3. The number of fused-ring (bicyclic) bond motifs is 1. The van der Waals surface area contributed by atoms with E-state index in [-0.39, 0.29) is 18.9 Å². The number of halogens is 3. The Labute approximate surface area is 186 Å². The van der Waals surface area contributed by atoms with Gasteiger partial charge in [-0.3, -0.25) is 14.4 Å². The Morgan fingerprint density at radius 2 is 1.70 bits per heavy atom. The molecule has 1 aliphatic heterocycles. The third kappa shape index (κ3) is 4.82. The van der Waals surface area contributed by atoms with E-state index in [0.29, 0.717) is 5.69 Å². The van der Waals surface area contributed by atoms with Crippen molar-refractivity contribution in [1.29, 1.82) is 0 Å². The van der Waals surface area contributed by atoms with E-state index in [1.807, 2.05) is 36.4 Å². The van der Waals surface area contributed by atoms with Crippen LogP contribution in [0, 0.1) is 5.92 Å². The lowest BCUT2D eigenvalue weighted by Gasteiger charge is -2.19. The quantitative estimate of drug-likeness (QED) is 0.578. The van der Waals surface area contributed by atoms with E-state index in [1.54, 1.807) is 6.07 Å². The third-order valence-electron chi connectivity index (χ3n) is 5.37. The molecule has 3 aromatic rings. The molecule has 1 N–H and O–H groups in total. The molecule has 0 saturated carbocycles. The topological polar surface area (TPSA) is 75.7 Å². The average Bonchev–Trinajstić information content (AvgIpc) is 3.18. The lowest BCUT2D eigenvalue weighted by molar-refractivity contribution is -0.151. The van der Waals surface area contributed by atoms with Gasteiger partial charge in [-0.15, -0.1) is 0 Å². The molecule has 4 rings (SSSR count). The van der Waals surface area contributed by atoms with Crippen molar-refractivity contribution in [1.82, 2.24) is 0 Å². The molecule has 6 nitrogen and oxygen atoms in total. The number of hydrogen-bond acceptors (Lipinski definition) is 4. The zero-order valence-corrected chi connectivity index (χ0v) is 17.3. The zero-order chi connectivity index (χ0) is 23.6. The molecule has 1 fully saturated rings. The predicted octanol–water partition coefficient (Wildman–Crippen LogP) is 4.39. The fourth-order valence-electron chi connectivity index (χ4n) is 3.82. The van der Waals surface area contributed by atoms with Crippen LogP contribution in [-0.2, 0) is 25.3 Å². The van der Waals surface area contributed by atoms with Crippen LogP contribution in [-0.4, -0.2) is 30.9 Å². The van der Waals surface area contributed by atoms with Crippen molar-refractivity contribution in [2.75, 3.05) is 23.4 Å². The predicted molar refractivity (Wildman–Crippen MR) is 115 cm³/mol. The molecule has 170 valence electrons. The molecule has 1 aliphatic rings. The molecule has 3 aromatic carbocycles. The van der Waals surface area contributed by atoms with Gasteiger partial charge in [0.25, 0.3) is 5.91 Å². The third-order valence-corrected chi connectivity index (χ3v) is 5.37. The molecule has 0 spiro atoms. The second-order valence-corrected chi connectivity index (χ2v) is 7.60. The van der Waals surface area contributed by atoms with Crippen LogP contribution in [0.4, 0.5) is 24.5 Å². The summed E-state index contributed by atoms with van der Waals surface area (Å²) >= 11 is 0. The van der Waals surface area contributed by atoms with E-state index in [1.165, 1.54) is 17.0 Å². The number of carbonyl (C=O) groups is 3. The van der Waals surface area contributed by atoms with E-state index < -0.39 is 41.8 Å². The summed E-state index contributed by atoms with van der Waals surface area (Å²) in [5, 5.41) is 3.93. The van der Waals surface area contributed by atoms with E-state index in [0.717, 1.165) is 22.9 Å². The first-order chi connectivity index (χ1) is 15.7. The molecular formula is C24H19F3N2O4. The first kappa shape index (κ1) is 22.3. The van der Waals surface area contributed by atoms with Crippen molar-refractivity contribution in [3.05, 3.63) is 72.3 Å². The normalized spacial score (nSPS) is 16.2. The molecular weight excluding hydrogens is 437 g/mol. The van der Waals surface area contributed by atoms with Gasteiger partial charge in [0.15, 0.2) is 6.61 Å². The standard InChI is InChI=1S/C24H19F3N2O4/c25-24(26,27)18-9-3-4-10-19(18)28-21(30)14-33-23(32)16-12-22(31)29(13-16)20-11-5-7-15-6-1-2-8-17(15)20/h1-11,16H,12-14H2,(H,28,30)/t16-/m0/s1. The number of rotatable bonds is 5. The van der Waals surface area contributed by atoms with Gasteiger partial charge in [-0.1, -0.05) is 48.5 Å². The minimum atomic E-state index is -4.64. The van der Waals surface area contributed by atoms with Gasteiger partial charge in [0.2, 0.25) is 5.91 Å².